The summed E-state index contributed by atoms with van der Waals surface area (Å²) in [6.07, 6.45) is 3.54. The first-order valence-corrected chi connectivity index (χ1v) is 9.47. The summed E-state index contributed by atoms with van der Waals surface area (Å²) in [5.74, 6) is 0.350. The van der Waals surface area contributed by atoms with Crippen molar-refractivity contribution in [3.63, 3.8) is 0 Å². The first-order valence-electron chi connectivity index (χ1n) is 7.16. The fourth-order valence-corrected chi connectivity index (χ4v) is 3.47. The van der Waals surface area contributed by atoms with Crippen LogP contribution in [0.1, 0.15) is 50.1 Å². The van der Waals surface area contributed by atoms with Crippen molar-refractivity contribution in [3.8, 4) is 0 Å². The van der Waals surface area contributed by atoms with Gasteiger partial charge in [-0.05, 0) is 38.7 Å². The number of hydrogen-bond acceptors (Lipinski definition) is 3. The Morgan fingerprint density at radius 1 is 1.43 bits per heavy atom. The van der Waals surface area contributed by atoms with Gasteiger partial charge in [-0.1, -0.05) is 6.92 Å². The van der Waals surface area contributed by atoms with E-state index in [9.17, 15) is 13.2 Å². The van der Waals surface area contributed by atoms with Gasteiger partial charge < -0.3 is 9.47 Å². The van der Waals surface area contributed by atoms with E-state index in [0.717, 1.165) is 19.4 Å². The SMILES string of the molecule is CC1CCCN(C(=O)c2cc(S(=O)(=O)Cl)cn2C(C)C)C1. The smallest absolute Gasteiger partial charge is 0.270 e. The lowest BCUT2D eigenvalue weighted by Crippen LogP contribution is -2.40. The second kappa shape index (κ2) is 6.01. The standard InChI is InChI=1S/C14H21ClN2O3S/c1-10(2)17-9-12(21(15,19)20)7-13(17)14(18)16-6-4-5-11(3)8-16/h7,9-11H,4-6,8H2,1-3H3. The van der Waals surface area contributed by atoms with Crippen LogP contribution in [0.25, 0.3) is 0 Å². The minimum Gasteiger partial charge on any atom is -0.340 e. The van der Waals surface area contributed by atoms with Gasteiger partial charge >= 0.3 is 0 Å². The molecular weight excluding hydrogens is 312 g/mol. The van der Waals surface area contributed by atoms with Crippen molar-refractivity contribution in [1.82, 2.24) is 9.47 Å². The molecule has 0 aliphatic carbocycles. The molecule has 0 aromatic carbocycles. The molecule has 0 N–H and O–H groups in total. The van der Waals surface area contributed by atoms with E-state index in [4.69, 9.17) is 10.7 Å². The van der Waals surface area contributed by atoms with Crippen LogP contribution in [0.15, 0.2) is 17.2 Å². The molecule has 5 nitrogen and oxygen atoms in total. The van der Waals surface area contributed by atoms with Gasteiger partial charge in [0.15, 0.2) is 0 Å². The van der Waals surface area contributed by atoms with Gasteiger partial charge in [0.25, 0.3) is 15.0 Å². The first-order chi connectivity index (χ1) is 9.70. The zero-order valence-corrected chi connectivity index (χ0v) is 14.1. The molecule has 1 aromatic heterocycles. The van der Waals surface area contributed by atoms with Crippen molar-refractivity contribution in [1.29, 1.82) is 0 Å². The van der Waals surface area contributed by atoms with E-state index in [0.29, 0.717) is 18.2 Å². The molecule has 1 saturated heterocycles. The topological polar surface area (TPSA) is 59.4 Å². The molecule has 1 aliphatic rings. The molecule has 1 fully saturated rings. The van der Waals surface area contributed by atoms with Crippen LogP contribution in [0.3, 0.4) is 0 Å². The largest absolute Gasteiger partial charge is 0.340 e. The Bertz CT molecular complexity index is 637. The number of nitrogens with zero attached hydrogens (tertiary/aromatic N) is 2. The number of piperidine rings is 1. The van der Waals surface area contributed by atoms with Crippen LogP contribution in [-0.4, -0.2) is 36.9 Å². The summed E-state index contributed by atoms with van der Waals surface area (Å²) in [5.41, 5.74) is 0.387. The van der Waals surface area contributed by atoms with Gasteiger partial charge in [0.2, 0.25) is 0 Å². The number of halogens is 1. The zero-order valence-electron chi connectivity index (χ0n) is 12.5. The molecule has 0 saturated carbocycles. The molecule has 21 heavy (non-hydrogen) atoms. The summed E-state index contributed by atoms with van der Waals surface area (Å²) in [6, 6.07) is 1.36. The average molecular weight is 333 g/mol. The van der Waals surface area contributed by atoms with Crippen molar-refractivity contribution in [2.75, 3.05) is 13.1 Å². The molecule has 1 unspecified atom stereocenters. The van der Waals surface area contributed by atoms with Crippen molar-refractivity contribution in [3.05, 3.63) is 18.0 Å². The summed E-state index contributed by atoms with van der Waals surface area (Å²) in [7, 11) is 1.56. The third-order valence-electron chi connectivity index (χ3n) is 3.82. The maximum atomic E-state index is 12.7. The summed E-state index contributed by atoms with van der Waals surface area (Å²) >= 11 is 0. The van der Waals surface area contributed by atoms with Crippen molar-refractivity contribution in [2.45, 2.75) is 44.6 Å². The predicted octanol–water partition coefficient (Wildman–Crippen LogP) is 2.87. The normalized spacial score (nSPS) is 20.0. The highest BCUT2D eigenvalue weighted by atomic mass is 35.7. The van der Waals surface area contributed by atoms with Crippen LogP contribution < -0.4 is 0 Å². The van der Waals surface area contributed by atoms with Crippen molar-refractivity contribution < 1.29 is 13.2 Å². The highest BCUT2D eigenvalue weighted by Gasteiger charge is 2.27. The van der Waals surface area contributed by atoms with Gasteiger partial charge in [-0.25, -0.2) is 8.42 Å². The van der Waals surface area contributed by atoms with Gasteiger partial charge in [0, 0.05) is 36.0 Å². The number of likely N-dealkylation sites (tertiary alicyclic amines) is 1. The number of hydrogen-bond donors (Lipinski definition) is 0. The Labute approximate surface area is 130 Å². The molecule has 2 rings (SSSR count). The molecule has 7 heteroatoms. The number of carbonyl (C=O) groups is 1. The second-order valence-electron chi connectivity index (χ2n) is 6.00. The van der Waals surface area contributed by atoms with Crippen molar-refractivity contribution in [2.24, 2.45) is 5.92 Å². The van der Waals surface area contributed by atoms with E-state index in [1.165, 1.54) is 12.3 Å². The summed E-state index contributed by atoms with van der Waals surface area (Å²) < 4.78 is 24.7. The van der Waals surface area contributed by atoms with E-state index in [1.807, 2.05) is 13.8 Å². The molecule has 1 aliphatic heterocycles. The highest BCUT2D eigenvalue weighted by molar-refractivity contribution is 8.13. The van der Waals surface area contributed by atoms with Gasteiger partial charge in [0.1, 0.15) is 10.6 Å². The fourth-order valence-electron chi connectivity index (χ4n) is 2.72. The monoisotopic (exact) mass is 332 g/mol. The van der Waals surface area contributed by atoms with Crippen LogP contribution in [0, 0.1) is 5.92 Å². The van der Waals surface area contributed by atoms with Gasteiger partial charge in [-0.3, -0.25) is 4.79 Å². The van der Waals surface area contributed by atoms with Crippen LogP contribution in [0.4, 0.5) is 0 Å². The number of rotatable bonds is 3. The Hall–Kier alpha value is -1.01. The fraction of sp³-hybridized carbons (Fsp3) is 0.643. The van der Waals surface area contributed by atoms with Crippen LogP contribution in [-0.2, 0) is 9.05 Å². The maximum Gasteiger partial charge on any atom is 0.270 e. The van der Waals surface area contributed by atoms with Crippen LogP contribution in [0.2, 0.25) is 0 Å². The van der Waals surface area contributed by atoms with E-state index < -0.39 is 9.05 Å². The molecule has 0 radical (unpaired) electrons. The molecule has 0 spiro atoms. The van der Waals surface area contributed by atoms with E-state index in [-0.39, 0.29) is 16.8 Å². The van der Waals surface area contributed by atoms with E-state index in [1.54, 1.807) is 9.47 Å². The average Bonchev–Trinajstić information content (AvgIpc) is 2.82. The summed E-state index contributed by atoms with van der Waals surface area (Å²) in [6.45, 7) is 7.36. The lowest BCUT2D eigenvalue weighted by Gasteiger charge is -2.31. The number of aromatic nitrogens is 1. The Balaban J connectivity index is 2.37. The molecule has 118 valence electrons. The third kappa shape index (κ3) is 3.61. The van der Waals surface area contributed by atoms with Gasteiger partial charge in [0.05, 0.1) is 0 Å². The Morgan fingerprint density at radius 3 is 2.62 bits per heavy atom. The molecule has 0 bridgehead atoms. The molecule has 1 amide bonds. The van der Waals surface area contributed by atoms with E-state index >= 15 is 0 Å². The highest BCUT2D eigenvalue weighted by Crippen LogP contribution is 2.24. The van der Waals surface area contributed by atoms with Crippen LogP contribution >= 0.6 is 10.7 Å². The quantitative estimate of drug-likeness (QED) is 0.800. The molecule has 1 atom stereocenters. The first kappa shape index (κ1) is 16.4. The van der Waals surface area contributed by atoms with Crippen LogP contribution in [0.5, 0.6) is 0 Å². The summed E-state index contributed by atoms with van der Waals surface area (Å²) in [4.78, 5) is 14.5. The Kier molecular flexibility index (Phi) is 4.68. The molecular formula is C14H21ClN2O3S. The predicted molar refractivity (Wildman–Crippen MR) is 82.2 cm³/mol. The van der Waals surface area contributed by atoms with E-state index in [2.05, 4.69) is 6.92 Å². The van der Waals surface area contributed by atoms with Gasteiger partial charge in [-0.2, -0.15) is 0 Å². The lowest BCUT2D eigenvalue weighted by molar-refractivity contribution is 0.0670. The molecule has 2 heterocycles. The number of carbonyl (C=O) groups excluding carboxylic acids is 1. The zero-order chi connectivity index (χ0) is 15.8. The van der Waals surface area contributed by atoms with Crippen molar-refractivity contribution >= 4 is 25.6 Å². The Morgan fingerprint density at radius 2 is 2.10 bits per heavy atom. The minimum atomic E-state index is -3.83. The third-order valence-corrected chi connectivity index (χ3v) is 5.15. The van der Waals surface area contributed by atoms with Gasteiger partial charge in [-0.15, -0.1) is 0 Å². The second-order valence-corrected chi connectivity index (χ2v) is 8.56. The molecule has 1 aromatic rings. The summed E-state index contributed by atoms with van der Waals surface area (Å²) in [5, 5.41) is 0. The maximum absolute atomic E-state index is 12.7. The lowest BCUT2D eigenvalue weighted by atomic mass is 10.00. The number of amides is 1. The minimum absolute atomic E-state index is 0.0154.